The fraction of sp³-hybridized carbons (Fsp3) is 0.417. The molecule has 1 aliphatic rings. The van der Waals surface area contributed by atoms with Gasteiger partial charge in [0, 0.05) is 44.5 Å². The van der Waals surface area contributed by atoms with E-state index in [0.717, 1.165) is 13.1 Å². The molecule has 0 saturated carbocycles. The first-order valence-corrected chi connectivity index (χ1v) is 10.8. The SMILES string of the molecule is CN=C(NCCNC(=O)c1ccc(C)c(F)c1)NC(C)c1cccc(N2CCCC2)c1. The van der Waals surface area contributed by atoms with Crippen LogP contribution in [0.4, 0.5) is 10.1 Å². The van der Waals surface area contributed by atoms with Crippen molar-refractivity contribution in [2.24, 2.45) is 4.99 Å². The molecule has 0 aliphatic carbocycles. The maximum absolute atomic E-state index is 13.6. The molecule has 1 fully saturated rings. The van der Waals surface area contributed by atoms with Gasteiger partial charge in [-0.2, -0.15) is 0 Å². The van der Waals surface area contributed by atoms with Gasteiger partial charge in [-0.15, -0.1) is 0 Å². The number of hydrogen-bond donors (Lipinski definition) is 3. The van der Waals surface area contributed by atoms with E-state index in [1.807, 2.05) is 0 Å². The van der Waals surface area contributed by atoms with Crippen LogP contribution in [-0.4, -0.2) is 45.1 Å². The summed E-state index contributed by atoms with van der Waals surface area (Å²) in [7, 11) is 1.72. The summed E-state index contributed by atoms with van der Waals surface area (Å²) in [4.78, 5) is 18.9. The second-order valence-corrected chi connectivity index (χ2v) is 7.87. The van der Waals surface area contributed by atoms with Crippen molar-refractivity contribution in [2.75, 3.05) is 38.1 Å². The second kappa shape index (κ2) is 10.8. The first-order valence-electron chi connectivity index (χ1n) is 10.8. The van der Waals surface area contributed by atoms with Crippen molar-refractivity contribution in [3.63, 3.8) is 0 Å². The third-order valence-corrected chi connectivity index (χ3v) is 5.56. The van der Waals surface area contributed by atoms with Gasteiger partial charge < -0.3 is 20.9 Å². The highest BCUT2D eigenvalue weighted by Gasteiger charge is 2.14. The summed E-state index contributed by atoms with van der Waals surface area (Å²) >= 11 is 0. The normalized spacial score (nSPS) is 15.0. The molecule has 1 unspecified atom stereocenters. The summed E-state index contributed by atoms with van der Waals surface area (Å²) in [6.45, 7) is 6.91. The molecule has 31 heavy (non-hydrogen) atoms. The molecule has 1 amide bonds. The van der Waals surface area contributed by atoms with Crippen LogP contribution in [0.3, 0.4) is 0 Å². The quantitative estimate of drug-likeness (QED) is 0.361. The van der Waals surface area contributed by atoms with Crippen molar-refractivity contribution in [1.82, 2.24) is 16.0 Å². The molecule has 166 valence electrons. The Hall–Kier alpha value is -3.09. The molecule has 3 rings (SSSR count). The van der Waals surface area contributed by atoms with Crippen LogP contribution >= 0.6 is 0 Å². The summed E-state index contributed by atoms with van der Waals surface area (Å²) in [5.74, 6) is -0.0105. The fourth-order valence-corrected chi connectivity index (χ4v) is 3.64. The smallest absolute Gasteiger partial charge is 0.251 e. The number of nitrogens with zero attached hydrogens (tertiary/aromatic N) is 2. The number of benzene rings is 2. The number of halogens is 1. The topological polar surface area (TPSA) is 68.8 Å². The number of anilines is 1. The lowest BCUT2D eigenvalue weighted by molar-refractivity contribution is 0.0954. The maximum Gasteiger partial charge on any atom is 0.251 e. The Morgan fingerprint density at radius 2 is 1.87 bits per heavy atom. The number of rotatable bonds is 7. The zero-order valence-electron chi connectivity index (χ0n) is 18.5. The van der Waals surface area contributed by atoms with E-state index in [9.17, 15) is 9.18 Å². The van der Waals surface area contributed by atoms with Crippen LogP contribution in [0.5, 0.6) is 0 Å². The molecule has 0 spiro atoms. The molecule has 0 bridgehead atoms. The number of aryl methyl sites for hydroxylation is 1. The van der Waals surface area contributed by atoms with E-state index in [0.29, 0.717) is 30.2 Å². The van der Waals surface area contributed by atoms with E-state index in [1.54, 1.807) is 26.1 Å². The average Bonchev–Trinajstić information content (AvgIpc) is 3.32. The number of carbonyl (C=O) groups excluding carboxylic acids is 1. The predicted molar refractivity (Wildman–Crippen MR) is 124 cm³/mol. The molecule has 0 radical (unpaired) electrons. The van der Waals surface area contributed by atoms with Crippen LogP contribution in [0, 0.1) is 12.7 Å². The van der Waals surface area contributed by atoms with E-state index in [1.165, 1.54) is 30.2 Å². The Balaban J connectivity index is 1.46. The summed E-state index contributed by atoms with van der Waals surface area (Å²) in [6, 6.07) is 13.2. The Kier molecular flexibility index (Phi) is 7.87. The fourth-order valence-electron chi connectivity index (χ4n) is 3.64. The first-order chi connectivity index (χ1) is 15.0. The first kappa shape index (κ1) is 22.6. The van der Waals surface area contributed by atoms with Crippen LogP contribution in [0.2, 0.25) is 0 Å². The molecular weight excluding hydrogens is 393 g/mol. The molecule has 7 heteroatoms. The van der Waals surface area contributed by atoms with Gasteiger partial charge >= 0.3 is 0 Å². The standard InChI is InChI=1S/C24H32FN5O/c1-17-9-10-20(16-22(17)25)23(31)27-11-12-28-24(26-3)29-18(2)19-7-6-8-21(15-19)30-13-4-5-14-30/h6-10,15-16,18H,4-5,11-14H2,1-3H3,(H,27,31)(H2,26,28,29). The lowest BCUT2D eigenvalue weighted by atomic mass is 10.1. The van der Waals surface area contributed by atoms with Crippen molar-refractivity contribution in [3.05, 3.63) is 65.0 Å². The summed E-state index contributed by atoms with van der Waals surface area (Å²) in [5.41, 5.74) is 3.30. The molecule has 1 saturated heterocycles. The minimum absolute atomic E-state index is 0.0823. The van der Waals surface area contributed by atoms with Gasteiger partial charge in [-0.25, -0.2) is 4.39 Å². The number of guanidine groups is 1. The minimum atomic E-state index is -0.377. The lowest BCUT2D eigenvalue weighted by Gasteiger charge is -2.22. The Bertz CT molecular complexity index is 924. The van der Waals surface area contributed by atoms with Gasteiger partial charge in [0.15, 0.2) is 5.96 Å². The third kappa shape index (κ3) is 6.20. The average molecular weight is 426 g/mol. The molecule has 1 atom stereocenters. The molecule has 6 nitrogen and oxygen atoms in total. The van der Waals surface area contributed by atoms with Gasteiger partial charge in [0.2, 0.25) is 0 Å². The van der Waals surface area contributed by atoms with Crippen molar-refractivity contribution in [1.29, 1.82) is 0 Å². The largest absolute Gasteiger partial charge is 0.372 e. The molecule has 1 aliphatic heterocycles. The Labute approximate surface area is 183 Å². The van der Waals surface area contributed by atoms with E-state index in [-0.39, 0.29) is 17.8 Å². The number of aliphatic imine (C=N–C) groups is 1. The third-order valence-electron chi connectivity index (χ3n) is 5.56. The molecule has 1 heterocycles. The zero-order chi connectivity index (χ0) is 22.2. The van der Waals surface area contributed by atoms with Gasteiger partial charge in [0.05, 0.1) is 6.04 Å². The molecular formula is C24H32FN5O. The van der Waals surface area contributed by atoms with Gasteiger partial charge in [0.25, 0.3) is 5.91 Å². The highest BCUT2D eigenvalue weighted by Crippen LogP contribution is 2.23. The van der Waals surface area contributed by atoms with Crippen molar-refractivity contribution >= 4 is 17.6 Å². The van der Waals surface area contributed by atoms with Crippen LogP contribution in [0.25, 0.3) is 0 Å². The number of hydrogen-bond acceptors (Lipinski definition) is 3. The maximum atomic E-state index is 13.6. The van der Waals surface area contributed by atoms with Crippen molar-refractivity contribution in [2.45, 2.75) is 32.7 Å². The van der Waals surface area contributed by atoms with Gasteiger partial charge in [-0.1, -0.05) is 18.2 Å². The summed E-state index contributed by atoms with van der Waals surface area (Å²) in [5, 5.41) is 9.39. The molecule has 2 aromatic rings. The Morgan fingerprint density at radius 1 is 1.13 bits per heavy atom. The van der Waals surface area contributed by atoms with E-state index < -0.39 is 0 Å². The van der Waals surface area contributed by atoms with Crippen LogP contribution in [0.1, 0.15) is 47.3 Å². The molecule has 0 aromatic heterocycles. The molecule has 3 N–H and O–H groups in total. The van der Waals surface area contributed by atoms with Crippen molar-refractivity contribution < 1.29 is 9.18 Å². The van der Waals surface area contributed by atoms with Crippen molar-refractivity contribution in [3.8, 4) is 0 Å². The second-order valence-electron chi connectivity index (χ2n) is 7.87. The summed E-state index contributed by atoms with van der Waals surface area (Å²) < 4.78 is 13.6. The summed E-state index contributed by atoms with van der Waals surface area (Å²) in [6.07, 6.45) is 2.51. The molecule has 2 aromatic carbocycles. The number of carbonyl (C=O) groups is 1. The van der Waals surface area contributed by atoms with Crippen LogP contribution in [0.15, 0.2) is 47.5 Å². The minimum Gasteiger partial charge on any atom is -0.372 e. The van der Waals surface area contributed by atoms with E-state index >= 15 is 0 Å². The van der Waals surface area contributed by atoms with Gasteiger partial charge in [0.1, 0.15) is 5.82 Å². The van der Waals surface area contributed by atoms with Crippen LogP contribution < -0.4 is 20.9 Å². The van der Waals surface area contributed by atoms with Gasteiger partial charge in [-0.3, -0.25) is 9.79 Å². The zero-order valence-corrected chi connectivity index (χ0v) is 18.5. The number of nitrogens with one attached hydrogen (secondary N) is 3. The Morgan fingerprint density at radius 3 is 2.58 bits per heavy atom. The van der Waals surface area contributed by atoms with E-state index in [4.69, 9.17) is 0 Å². The lowest BCUT2D eigenvalue weighted by Crippen LogP contribution is -2.42. The van der Waals surface area contributed by atoms with E-state index in [2.05, 4.69) is 57.0 Å². The van der Waals surface area contributed by atoms with Crippen LogP contribution in [-0.2, 0) is 0 Å². The highest BCUT2D eigenvalue weighted by molar-refractivity contribution is 5.94. The van der Waals surface area contributed by atoms with Gasteiger partial charge in [-0.05, 0) is 62.1 Å². The highest BCUT2D eigenvalue weighted by atomic mass is 19.1. The predicted octanol–water partition coefficient (Wildman–Crippen LogP) is 3.39. The number of amides is 1. The monoisotopic (exact) mass is 425 g/mol.